The van der Waals surface area contributed by atoms with Gasteiger partial charge in [0.15, 0.2) is 0 Å². The predicted octanol–water partition coefficient (Wildman–Crippen LogP) is 3.27. The first-order valence-corrected chi connectivity index (χ1v) is 11.4. The number of hydrogen-bond acceptors (Lipinski definition) is 4. The van der Waals surface area contributed by atoms with E-state index in [0.29, 0.717) is 26.2 Å². The van der Waals surface area contributed by atoms with Crippen molar-refractivity contribution in [2.24, 2.45) is 0 Å². The van der Waals surface area contributed by atoms with E-state index >= 15 is 0 Å². The molecule has 1 unspecified atom stereocenters. The molecule has 0 radical (unpaired) electrons. The van der Waals surface area contributed by atoms with E-state index < -0.39 is 12.1 Å². The summed E-state index contributed by atoms with van der Waals surface area (Å²) in [6, 6.07) is 10.3. The molecular weight excluding hydrogens is 423 g/mol. The smallest absolute Gasteiger partial charge is 0.407 e. The molecule has 0 aliphatic carbocycles. The van der Waals surface area contributed by atoms with E-state index in [-0.39, 0.29) is 18.3 Å². The normalized spacial score (nSPS) is 19.1. The van der Waals surface area contributed by atoms with Gasteiger partial charge in [-0.25, -0.2) is 9.18 Å². The molecule has 7 nitrogen and oxygen atoms in total. The first kappa shape index (κ1) is 22.9. The Morgan fingerprint density at radius 1 is 0.848 bits per heavy atom. The zero-order valence-corrected chi connectivity index (χ0v) is 19.4. The van der Waals surface area contributed by atoms with E-state index in [1.165, 1.54) is 33.8 Å². The molecule has 4 rings (SSSR count). The van der Waals surface area contributed by atoms with E-state index in [4.69, 9.17) is 0 Å². The van der Waals surface area contributed by atoms with Gasteiger partial charge in [0, 0.05) is 50.6 Å². The lowest BCUT2D eigenvalue weighted by atomic mass is 10.1. The van der Waals surface area contributed by atoms with Gasteiger partial charge in [-0.15, -0.1) is 0 Å². The zero-order valence-electron chi connectivity index (χ0n) is 19.4. The van der Waals surface area contributed by atoms with Gasteiger partial charge in [-0.1, -0.05) is 12.1 Å². The second-order valence-electron chi connectivity index (χ2n) is 8.97. The van der Waals surface area contributed by atoms with Gasteiger partial charge in [0.05, 0.1) is 6.54 Å². The number of benzene rings is 2. The van der Waals surface area contributed by atoms with Gasteiger partial charge in [0.2, 0.25) is 5.91 Å². The summed E-state index contributed by atoms with van der Waals surface area (Å²) in [5, 5.41) is 9.53. The molecule has 1 atom stereocenters. The van der Waals surface area contributed by atoms with Crippen LogP contribution in [0.4, 0.5) is 20.6 Å². The lowest BCUT2D eigenvalue weighted by Crippen LogP contribution is -2.62. The summed E-state index contributed by atoms with van der Waals surface area (Å²) in [4.78, 5) is 32.6. The summed E-state index contributed by atoms with van der Waals surface area (Å²) >= 11 is 0. The maximum absolute atomic E-state index is 13.7. The summed E-state index contributed by atoms with van der Waals surface area (Å²) < 4.78 is 13.7. The third-order valence-electron chi connectivity index (χ3n) is 6.70. The minimum Gasteiger partial charge on any atom is -0.465 e. The monoisotopic (exact) mass is 454 g/mol. The number of hydrogen-bond donors (Lipinski definition) is 1. The van der Waals surface area contributed by atoms with Crippen LogP contribution in [0.1, 0.15) is 16.7 Å². The quantitative estimate of drug-likeness (QED) is 0.771. The van der Waals surface area contributed by atoms with Gasteiger partial charge in [0.1, 0.15) is 11.9 Å². The van der Waals surface area contributed by atoms with Gasteiger partial charge in [-0.05, 0) is 61.7 Å². The Bertz CT molecular complexity index is 1050. The topological polar surface area (TPSA) is 67.3 Å². The maximum Gasteiger partial charge on any atom is 0.407 e. The number of piperazine rings is 2. The third kappa shape index (κ3) is 4.74. The summed E-state index contributed by atoms with van der Waals surface area (Å²) in [7, 11) is 0. The van der Waals surface area contributed by atoms with Crippen LogP contribution in [0.15, 0.2) is 36.4 Å². The number of halogens is 1. The molecule has 2 saturated heterocycles. The lowest BCUT2D eigenvalue weighted by molar-refractivity contribution is -0.133. The van der Waals surface area contributed by atoms with Crippen LogP contribution in [-0.4, -0.2) is 78.8 Å². The molecule has 2 aromatic rings. The Morgan fingerprint density at radius 3 is 2.21 bits per heavy atom. The number of aryl methyl sites for hydroxylation is 3. The number of carboxylic acid groups (broad SMARTS) is 1. The Balaban J connectivity index is 1.52. The van der Waals surface area contributed by atoms with Crippen molar-refractivity contribution in [3.63, 3.8) is 0 Å². The standard InChI is InChI=1S/C25H31FN4O3/c1-17-4-5-18(2)22(14-17)27-8-10-28(11-9-27)24(31)23-16-29(25(32)33)12-13-30(23)21-7-6-20(26)15-19(21)3/h4-7,14-15,23H,8-13,16H2,1-3H3,(H,32,33). The molecule has 0 bridgehead atoms. The van der Waals surface area contributed by atoms with E-state index in [1.54, 1.807) is 6.07 Å². The highest BCUT2D eigenvalue weighted by Gasteiger charge is 2.38. The summed E-state index contributed by atoms with van der Waals surface area (Å²) in [5.41, 5.74) is 5.11. The fraction of sp³-hybridized carbons (Fsp3) is 0.440. The van der Waals surface area contributed by atoms with Crippen molar-refractivity contribution in [1.29, 1.82) is 0 Å². The minimum absolute atomic E-state index is 0.0784. The van der Waals surface area contributed by atoms with Crippen molar-refractivity contribution >= 4 is 23.4 Å². The molecule has 0 saturated carbocycles. The highest BCUT2D eigenvalue weighted by Crippen LogP contribution is 2.28. The molecule has 33 heavy (non-hydrogen) atoms. The number of anilines is 2. The van der Waals surface area contributed by atoms with Crippen LogP contribution in [0.2, 0.25) is 0 Å². The molecule has 2 aromatic carbocycles. The van der Waals surface area contributed by atoms with Crippen molar-refractivity contribution in [2.75, 3.05) is 55.6 Å². The fourth-order valence-corrected chi connectivity index (χ4v) is 4.84. The number of nitrogens with zero attached hydrogens (tertiary/aromatic N) is 4. The molecule has 2 heterocycles. The number of rotatable bonds is 3. The second-order valence-corrected chi connectivity index (χ2v) is 8.97. The predicted molar refractivity (Wildman–Crippen MR) is 127 cm³/mol. The highest BCUT2D eigenvalue weighted by atomic mass is 19.1. The van der Waals surface area contributed by atoms with E-state index in [2.05, 4.69) is 36.9 Å². The van der Waals surface area contributed by atoms with Crippen molar-refractivity contribution in [3.05, 3.63) is 58.9 Å². The summed E-state index contributed by atoms with van der Waals surface area (Å²) in [6.45, 7) is 9.37. The zero-order chi connectivity index (χ0) is 23.7. The van der Waals surface area contributed by atoms with Gasteiger partial charge in [-0.3, -0.25) is 4.79 Å². The molecule has 8 heteroatoms. The van der Waals surface area contributed by atoms with E-state index in [9.17, 15) is 19.1 Å². The van der Waals surface area contributed by atoms with Gasteiger partial charge < -0.3 is 24.7 Å². The first-order chi connectivity index (χ1) is 15.7. The largest absolute Gasteiger partial charge is 0.465 e. The molecular formula is C25H31FN4O3. The van der Waals surface area contributed by atoms with Crippen LogP contribution in [0, 0.1) is 26.6 Å². The van der Waals surface area contributed by atoms with Crippen molar-refractivity contribution in [1.82, 2.24) is 9.80 Å². The Labute approximate surface area is 194 Å². The van der Waals surface area contributed by atoms with Gasteiger partial charge >= 0.3 is 6.09 Å². The Hall–Kier alpha value is -3.29. The summed E-state index contributed by atoms with van der Waals surface area (Å²) in [5.74, 6) is -0.406. The molecule has 176 valence electrons. The summed E-state index contributed by atoms with van der Waals surface area (Å²) in [6.07, 6.45) is -1.02. The molecule has 0 aromatic heterocycles. The van der Waals surface area contributed by atoms with Crippen molar-refractivity contribution in [2.45, 2.75) is 26.8 Å². The van der Waals surface area contributed by atoms with Crippen LogP contribution in [0.3, 0.4) is 0 Å². The van der Waals surface area contributed by atoms with Gasteiger partial charge in [-0.2, -0.15) is 0 Å². The molecule has 0 spiro atoms. The maximum atomic E-state index is 13.7. The van der Waals surface area contributed by atoms with Crippen LogP contribution in [-0.2, 0) is 4.79 Å². The van der Waals surface area contributed by atoms with Gasteiger partial charge in [0.25, 0.3) is 0 Å². The third-order valence-corrected chi connectivity index (χ3v) is 6.70. The van der Waals surface area contributed by atoms with Crippen molar-refractivity contribution < 1.29 is 19.1 Å². The van der Waals surface area contributed by atoms with Crippen LogP contribution in [0.25, 0.3) is 0 Å². The van der Waals surface area contributed by atoms with Crippen LogP contribution >= 0.6 is 0 Å². The van der Waals surface area contributed by atoms with Crippen molar-refractivity contribution in [3.8, 4) is 0 Å². The molecule has 1 N–H and O–H groups in total. The minimum atomic E-state index is -1.02. The highest BCUT2D eigenvalue weighted by molar-refractivity contribution is 5.87. The molecule has 2 amide bonds. The van der Waals surface area contributed by atoms with Crippen LogP contribution in [0.5, 0.6) is 0 Å². The Kier molecular flexibility index (Phi) is 6.44. The number of carbonyl (C=O) groups excluding carboxylic acids is 1. The second kappa shape index (κ2) is 9.29. The first-order valence-electron chi connectivity index (χ1n) is 11.4. The van der Waals surface area contributed by atoms with E-state index in [1.807, 2.05) is 16.7 Å². The molecule has 2 fully saturated rings. The fourth-order valence-electron chi connectivity index (χ4n) is 4.84. The van der Waals surface area contributed by atoms with E-state index in [0.717, 1.165) is 24.3 Å². The Morgan fingerprint density at radius 2 is 1.55 bits per heavy atom. The van der Waals surface area contributed by atoms with Crippen LogP contribution < -0.4 is 9.80 Å². The average molecular weight is 455 g/mol. The number of carbonyl (C=O) groups is 2. The average Bonchev–Trinajstić information content (AvgIpc) is 2.80. The number of amides is 2. The SMILES string of the molecule is Cc1ccc(C)c(N2CCN(C(=O)C3CN(C(=O)O)CCN3c3ccc(F)cc3C)CC2)c1. The lowest BCUT2D eigenvalue weighted by Gasteiger charge is -2.45. The molecule has 2 aliphatic heterocycles. The molecule has 2 aliphatic rings.